The maximum absolute atomic E-state index is 6.31. The lowest BCUT2D eigenvalue weighted by Gasteiger charge is -2.14. The average Bonchev–Trinajstić information content (AvgIpc) is 3.68. The molecule has 0 aliphatic rings. The maximum Gasteiger partial charge on any atom is 0.164 e. The van der Waals surface area contributed by atoms with Crippen molar-refractivity contribution in [3.8, 4) is 67.5 Å². The zero-order valence-corrected chi connectivity index (χ0v) is 30.8. The van der Waals surface area contributed by atoms with Gasteiger partial charge in [0.05, 0.1) is 0 Å². The molecule has 2 heterocycles. The lowest BCUT2D eigenvalue weighted by molar-refractivity contribution is 0.669. The topological polar surface area (TPSA) is 51.8 Å². The Morgan fingerprint density at radius 2 is 0.772 bits per heavy atom. The van der Waals surface area contributed by atoms with E-state index in [-0.39, 0.29) is 0 Å². The van der Waals surface area contributed by atoms with Crippen LogP contribution in [0.15, 0.2) is 205 Å². The van der Waals surface area contributed by atoms with Crippen LogP contribution in [0.3, 0.4) is 0 Å². The van der Waals surface area contributed by atoms with E-state index in [1.54, 1.807) is 0 Å². The molecular formula is C53H33N3O. The van der Waals surface area contributed by atoms with Gasteiger partial charge in [0.2, 0.25) is 0 Å². The van der Waals surface area contributed by atoms with Crippen molar-refractivity contribution in [2.45, 2.75) is 0 Å². The van der Waals surface area contributed by atoms with Crippen molar-refractivity contribution < 1.29 is 4.42 Å². The molecule has 0 fully saturated rings. The van der Waals surface area contributed by atoms with Gasteiger partial charge in [0.15, 0.2) is 17.5 Å². The Morgan fingerprint density at radius 3 is 1.56 bits per heavy atom. The Kier molecular flexibility index (Phi) is 7.78. The summed E-state index contributed by atoms with van der Waals surface area (Å²) in [5.74, 6) is 1.79. The molecule has 57 heavy (non-hydrogen) atoms. The number of rotatable bonds is 6. The van der Waals surface area contributed by atoms with Crippen LogP contribution in [0.4, 0.5) is 0 Å². The van der Waals surface area contributed by atoms with Crippen LogP contribution in [0.1, 0.15) is 0 Å². The molecule has 0 radical (unpaired) electrons. The highest BCUT2D eigenvalue weighted by atomic mass is 16.3. The standard InChI is InChI=1S/C53H33N3O/c1-3-19-40-35(13-1)15-10-24-41(40)37-31-29-34(30-32-37)38-17-9-18-39(33-38)51-54-52(45-22-6-5-21-44(45)43-25-11-16-36-14-2-4-20-42(36)43)56-53(55-51)47-26-12-28-49-50(47)46-23-7-8-27-48(46)57-49/h1-33H. The minimum absolute atomic E-state index is 0.588. The third kappa shape index (κ3) is 5.74. The van der Waals surface area contributed by atoms with E-state index in [2.05, 4.69) is 170 Å². The summed E-state index contributed by atoms with van der Waals surface area (Å²) < 4.78 is 6.31. The number of nitrogens with zero attached hydrogens (tertiary/aromatic N) is 3. The van der Waals surface area contributed by atoms with Gasteiger partial charge in [-0.05, 0) is 73.1 Å². The van der Waals surface area contributed by atoms with Gasteiger partial charge in [-0.15, -0.1) is 0 Å². The number of hydrogen-bond acceptors (Lipinski definition) is 4. The minimum atomic E-state index is 0.588. The second-order valence-corrected chi connectivity index (χ2v) is 14.3. The van der Waals surface area contributed by atoms with E-state index in [0.29, 0.717) is 17.5 Å². The van der Waals surface area contributed by atoms with E-state index < -0.39 is 0 Å². The molecule has 0 N–H and O–H groups in total. The number of benzene rings is 9. The van der Waals surface area contributed by atoms with Gasteiger partial charge in [0, 0.05) is 27.5 Å². The number of para-hydroxylation sites is 1. The van der Waals surface area contributed by atoms with Crippen molar-refractivity contribution in [2.75, 3.05) is 0 Å². The summed E-state index contributed by atoms with van der Waals surface area (Å²) in [5, 5.41) is 6.85. The molecule has 11 rings (SSSR count). The van der Waals surface area contributed by atoms with Gasteiger partial charge in [-0.1, -0.05) is 182 Å². The Hall–Kier alpha value is -7.69. The predicted octanol–water partition coefficient (Wildman–Crippen LogP) is 14.1. The van der Waals surface area contributed by atoms with Crippen molar-refractivity contribution in [3.63, 3.8) is 0 Å². The Morgan fingerprint density at radius 1 is 0.281 bits per heavy atom. The van der Waals surface area contributed by atoms with Gasteiger partial charge < -0.3 is 4.42 Å². The summed E-state index contributed by atoms with van der Waals surface area (Å²) in [6.45, 7) is 0. The highest BCUT2D eigenvalue weighted by Crippen LogP contribution is 2.39. The number of aromatic nitrogens is 3. The van der Waals surface area contributed by atoms with Crippen molar-refractivity contribution in [1.29, 1.82) is 0 Å². The van der Waals surface area contributed by atoms with Crippen LogP contribution in [0.25, 0.3) is 111 Å². The van der Waals surface area contributed by atoms with Gasteiger partial charge in [-0.25, -0.2) is 15.0 Å². The first-order chi connectivity index (χ1) is 28.2. The molecule has 0 atom stereocenters. The van der Waals surface area contributed by atoms with Crippen LogP contribution in [0, 0.1) is 0 Å². The normalized spacial score (nSPS) is 11.5. The molecule has 0 aliphatic heterocycles. The lowest BCUT2D eigenvalue weighted by atomic mass is 9.94. The minimum Gasteiger partial charge on any atom is -0.456 e. The van der Waals surface area contributed by atoms with Gasteiger partial charge in [-0.3, -0.25) is 0 Å². The van der Waals surface area contributed by atoms with Crippen LogP contribution in [-0.2, 0) is 0 Å². The van der Waals surface area contributed by atoms with Crippen LogP contribution in [-0.4, -0.2) is 15.0 Å². The zero-order valence-electron chi connectivity index (χ0n) is 30.8. The van der Waals surface area contributed by atoms with E-state index in [1.165, 1.54) is 32.7 Å². The van der Waals surface area contributed by atoms with Gasteiger partial charge in [0.25, 0.3) is 0 Å². The smallest absolute Gasteiger partial charge is 0.164 e. The molecule has 0 saturated heterocycles. The summed E-state index contributed by atoms with van der Waals surface area (Å²) in [6, 6.07) is 69.9. The molecule has 266 valence electrons. The monoisotopic (exact) mass is 727 g/mol. The van der Waals surface area contributed by atoms with E-state index in [0.717, 1.165) is 60.9 Å². The molecule has 0 aliphatic carbocycles. The Bertz CT molecular complexity index is 3300. The molecule has 4 heteroatoms. The van der Waals surface area contributed by atoms with Crippen molar-refractivity contribution in [3.05, 3.63) is 200 Å². The first-order valence-electron chi connectivity index (χ1n) is 19.2. The summed E-state index contributed by atoms with van der Waals surface area (Å²) in [5.41, 5.74) is 11.2. The van der Waals surface area contributed by atoms with Crippen LogP contribution in [0.5, 0.6) is 0 Å². The maximum atomic E-state index is 6.31. The number of hydrogen-bond donors (Lipinski definition) is 0. The summed E-state index contributed by atoms with van der Waals surface area (Å²) in [7, 11) is 0. The lowest BCUT2D eigenvalue weighted by Crippen LogP contribution is -2.01. The molecule has 2 aromatic heterocycles. The summed E-state index contributed by atoms with van der Waals surface area (Å²) >= 11 is 0. The first kappa shape index (κ1) is 32.7. The molecule has 4 nitrogen and oxygen atoms in total. The highest BCUT2D eigenvalue weighted by Gasteiger charge is 2.20. The van der Waals surface area contributed by atoms with Crippen LogP contribution < -0.4 is 0 Å². The molecule has 0 amide bonds. The van der Waals surface area contributed by atoms with E-state index in [4.69, 9.17) is 19.4 Å². The quantitative estimate of drug-likeness (QED) is 0.171. The van der Waals surface area contributed by atoms with E-state index in [9.17, 15) is 0 Å². The summed E-state index contributed by atoms with van der Waals surface area (Å²) in [6.07, 6.45) is 0. The largest absolute Gasteiger partial charge is 0.456 e. The van der Waals surface area contributed by atoms with Crippen molar-refractivity contribution in [2.24, 2.45) is 0 Å². The molecule has 9 aromatic carbocycles. The van der Waals surface area contributed by atoms with Crippen molar-refractivity contribution in [1.82, 2.24) is 15.0 Å². The SMILES string of the molecule is c1cc(-c2ccc(-c3cccc4ccccc34)cc2)cc(-c2nc(-c3ccccc3-c3cccc4ccccc34)nc(-c3cccc4oc5ccccc5c34)n2)c1. The second kappa shape index (κ2) is 13.6. The number of furan rings is 1. The van der Waals surface area contributed by atoms with Crippen LogP contribution >= 0.6 is 0 Å². The molecule has 0 unspecified atom stereocenters. The number of fused-ring (bicyclic) bond motifs is 5. The fourth-order valence-electron chi connectivity index (χ4n) is 8.24. The first-order valence-corrected chi connectivity index (χ1v) is 19.2. The molecular weight excluding hydrogens is 695 g/mol. The van der Waals surface area contributed by atoms with E-state index >= 15 is 0 Å². The fourth-order valence-corrected chi connectivity index (χ4v) is 8.24. The molecule has 0 saturated carbocycles. The third-order valence-corrected chi connectivity index (χ3v) is 11.0. The summed E-state index contributed by atoms with van der Waals surface area (Å²) in [4.78, 5) is 15.8. The Balaban J connectivity index is 1.08. The van der Waals surface area contributed by atoms with Crippen LogP contribution in [0.2, 0.25) is 0 Å². The van der Waals surface area contributed by atoms with Gasteiger partial charge in [0.1, 0.15) is 11.2 Å². The second-order valence-electron chi connectivity index (χ2n) is 14.3. The Labute approximate surface area is 329 Å². The average molecular weight is 728 g/mol. The zero-order chi connectivity index (χ0) is 37.7. The molecule has 0 bridgehead atoms. The highest BCUT2D eigenvalue weighted by molar-refractivity contribution is 6.12. The van der Waals surface area contributed by atoms with Gasteiger partial charge >= 0.3 is 0 Å². The fraction of sp³-hybridized carbons (Fsp3) is 0. The third-order valence-electron chi connectivity index (χ3n) is 11.0. The van der Waals surface area contributed by atoms with E-state index in [1.807, 2.05) is 30.3 Å². The molecule has 0 spiro atoms. The molecule has 11 aromatic rings. The van der Waals surface area contributed by atoms with Gasteiger partial charge in [-0.2, -0.15) is 0 Å². The van der Waals surface area contributed by atoms with Crippen molar-refractivity contribution >= 4 is 43.5 Å². The predicted molar refractivity (Wildman–Crippen MR) is 235 cm³/mol.